The minimum Gasteiger partial charge on any atom is -0.393 e. The first kappa shape index (κ1) is 27.2. The van der Waals surface area contributed by atoms with Gasteiger partial charge < -0.3 is 10.0 Å². The topological polar surface area (TPSA) is 23.5 Å². The molecule has 1 saturated heterocycles. The molecule has 4 saturated carbocycles. The molecule has 8 atom stereocenters. The summed E-state index contributed by atoms with van der Waals surface area (Å²) in [5.74, 6) is 1.38. The van der Waals surface area contributed by atoms with Gasteiger partial charge in [0.05, 0.1) is 6.10 Å². The van der Waals surface area contributed by atoms with E-state index in [0.29, 0.717) is 16.7 Å². The minimum atomic E-state index is -0.146. The van der Waals surface area contributed by atoms with Gasteiger partial charge in [-0.05, 0) is 122 Å². The van der Waals surface area contributed by atoms with Crippen molar-refractivity contribution < 1.29 is 5.11 Å². The van der Waals surface area contributed by atoms with E-state index in [1.807, 2.05) is 11.1 Å². The van der Waals surface area contributed by atoms with Crippen LogP contribution in [0.5, 0.6) is 0 Å². The first-order chi connectivity index (χ1) is 17.8. The Morgan fingerprint density at radius 2 is 1.53 bits per heavy atom. The highest BCUT2D eigenvalue weighted by atomic mass is 16.3. The standard InChI is InChI=1S/C36H57NO/c1-9-32(5)18-20-36(25(2)37-22-10-11-23-37)21-19-34(7)26(27(36)24-32)12-13-29-33(6)16-15-30(38)31(3,4)28(33)14-17-35(29,34)8/h9,28-30,38H,1-2,10-24H2,3-8H3/t28-,29+,30-,32+,33-,34+,35+,36+/m0/s1. The van der Waals surface area contributed by atoms with Gasteiger partial charge in [-0.25, -0.2) is 0 Å². The predicted molar refractivity (Wildman–Crippen MR) is 160 cm³/mol. The summed E-state index contributed by atoms with van der Waals surface area (Å²) >= 11 is 0. The summed E-state index contributed by atoms with van der Waals surface area (Å²) in [6, 6.07) is 0. The quantitative estimate of drug-likeness (QED) is 0.376. The number of rotatable bonds is 3. The second-order valence-electron chi connectivity index (χ2n) is 16.5. The number of aliphatic hydroxyl groups excluding tert-OH is 1. The predicted octanol–water partition coefficient (Wildman–Crippen LogP) is 9.07. The van der Waals surface area contributed by atoms with Crippen LogP contribution in [0.4, 0.5) is 0 Å². The molecular formula is C36H57NO. The smallest absolute Gasteiger partial charge is 0.0594 e. The molecule has 0 bridgehead atoms. The molecule has 0 unspecified atom stereocenters. The van der Waals surface area contributed by atoms with E-state index >= 15 is 0 Å². The molecular weight excluding hydrogens is 462 g/mol. The van der Waals surface area contributed by atoms with Gasteiger partial charge in [0.1, 0.15) is 0 Å². The number of fused-ring (bicyclic) bond motifs is 6. The van der Waals surface area contributed by atoms with Crippen LogP contribution in [0.3, 0.4) is 0 Å². The van der Waals surface area contributed by atoms with Crippen molar-refractivity contribution in [2.24, 2.45) is 44.3 Å². The van der Waals surface area contributed by atoms with Crippen molar-refractivity contribution in [3.05, 3.63) is 36.1 Å². The average Bonchev–Trinajstić information content (AvgIpc) is 3.42. The lowest BCUT2D eigenvalue weighted by Crippen LogP contribution is -2.64. The number of likely N-dealkylation sites (tertiary alicyclic amines) is 1. The molecule has 6 aliphatic rings. The molecule has 2 nitrogen and oxygen atoms in total. The third-order valence-corrected chi connectivity index (χ3v) is 14.9. The first-order valence-electron chi connectivity index (χ1n) is 16.3. The Kier molecular flexibility index (Phi) is 6.07. The van der Waals surface area contributed by atoms with Crippen LogP contribution in [-0.4, -0.2) is 29.2 Å². The van der Waals surface area contributed by atoms with Crippen molar-refractivity contribution in [2.45, 2.75) is 131 Å². The van der Waals surface area contributed by atoms with Crippen molar-refractivity contribution in [1.82, 2.24) is 4.90 Å². The van der Waals surface area contributed by atoms with Crippen LogP contribution in [0.2, 0.25) is 0 Å². The van der Waals surface area contributed by atoms with Crippen molar-refractivity contribution in [2.75, 3.05) is 13.1 Å². The van der Waals surface area contributed by atoms with Gasteiger partial charge in [-0.15, -0.1) is 6.58 Å². The van der Waals surface area contributed by atoms with Crippen molar-refractivity contribution in [1.29, 1.82) is 0 Å². The normalized spacial score (nSPS) is 50.0. The summed E-state index contributed by atoms with van der Waals surface area (Å²) in [6.45, 7) is 26.9. The highest BCUT2D eigenvalue weighted by Gasteiger charge is 2.68. The zero-order valence-corrected chi connectivity index (χ0v) is 25.7. The second-order valence-corrected chi connectivity index (χ2v) is 16.5. The van der Waals surface area contributed by atoms with E-state index in [4.69, 9.17) is 6.58 Å². The van der Waals surface area contributed by atoms with Crippen LogP contribution in [0, 0.1) is 44.3 Å². The molecule has 2 heteroatoms. The van der Waals surface area contributed by atoms with Crippen LogP contribution < -0.4 is 0 Å². The zero-order chi connectivity index (χ0) is 27.4. The maximum Gasteiger partial charge on any atom is 0.0594 e. The molecule has 1 N–H and O–H groups in total. The molecule has 0 aromatic carbocycles. The average molecular weight is 520 g/mol. The third kappa shape index (κ3) is 3.34. The molecule has 0 aromatic heterocycles. The number of nitrogens with zero attached hydrogens (tertiary/aromatic N) is 1. The van der Waals surface area contributed by atoms with Crippen LogP contribution in [0.1, 0.15) is 125 Å². The zero-order valence-electron chi connectivity index (χ0n) is 25.7. The van der Waals surface area contributed by atoms with Crippen LogP contribution >= 0.6 is 0 Å². The fraction of sp³-hybridized carbons (Fsp3) is 0.833. The Hall–Kier alpha value is -1.02. The Bertz CT molecular complexity index is 1050. The highest BCUT2D eigenvalue weighted by molar-refractivity contribution is 5.43. The molecule has 0 radical (unpaired) electrons. The van der Waals surface area contributed by atoms with Gasteiger partial charge in [0, 0.05) is 24.2 Å². The fourth-order valence-corrected chi connectivity index (χ4v) is 12.1. The summed E-state index contributed by atoms with van der Waals surface area (Å²) in [7, 11) is 0. The number of hydrogen-bond donors (Lipinski definition) is 1. The first-order valence-corrected chi connectivity index (χ1v) is 16.3. The van der Waals surface area contributed by atoms with Crippen molar-refractivity contribution >= 4 is 0 Å². The lowest BCUT2D eigenvalue weighted by Gasteiger charge is -2.71. The van der Waals surface area contributed by atoms with E-state index in [9.17, 15) is 5.11 Å². The summed E-state index contributed by atoms with van der Waals surface area (Å²) in [6.07, 6.45) is 18.5. The summed E-state index contributed by atoms with van der Waals surface area (Å²) < 4.78 is 0. The van der Waals surface area contributed by atoms with Crippen LogP contribution in [-0.2, 0) is 0 Å². The molecule has 0 spiro atoms. The molecule has 38 heavy (non-hydrogen) atoms. The lowest BCUT2D eigenvalue weighted by molar-refractivity contribution is -0.204. The summed E-state index contributed by atoms with van der Waals surface area (Å²) in [4.78, 5) is 2.68. The van der Waals surface area contributed by atoms with Gasteiger partial charge in [-0.3, -0.25) is 0 Å². The van der Waals surface area contributed by atoms with Gasteiger partial charge in [-0.1, -0.05) is 65.3 Å². The van der Waals surface area contributed by atoms with Crippen LogP contribution in [0.15, 0.2) is 36.1 Å². The van der Waals surface area contributed by atoms with E-state index in [2.05, 4.69) is 59.1 Å². The lowest BCUT2D eigenvalue weighted by atomic mass is 9.34. The minimum absolute atomic E-state index is 0.0261. The van der Waals surface area contributed by atoms with Gasteiger partial charge >= 0.3 is 0 Å². The van der Waals surface area contributed by atoms with Gasteiger partial charge in [-0.2, -0.15) is 0 Å². The van der Waals surface area contributed by atoms with E-state index in [1.165, 1.54) is 95.8 Å². The third-order valence-electron chi connectivity index (χ3n) is 14.9. The number of aliphatic hydroxyl groups is 1. The number of hydrogen-bond acceptors (Lipinski definition) is 2. The molecule has 5 fully saturated rings. The van der Waals surface area contributed by atoms with Gasteiger partial charge in [0.25, 0.3) is 0 Å². The van der Waals surface area contributed by atoms with E-state index in [-0.39, 0.29) is 27.8 Å². The monoisotopic (exact) mass is 519 g/mol. The van der Waals surface area contributed by atoms with Gasteiger partial charge in [0.2, 0.25) is 0 Å². The number of allylic oxidation sites excluding steroid dienone is 3. The second kappa shape index (κ2) is 8.50. The fourth-order valence-electron chi connectivity index (χ4n) is 12.1. The van der Waals surface area contributed by atoms with E-state index < -0.39 is 0 Å². The Morgan fingerprint density at radius 3 is 2.21 bits per heavy atom. The molecule has 1 heterocycles. The SMILES string of the molecule is C=C[C@]1(C)CC[C@]2(C(=C)N3CCCC3)CC[C@]3(C)C(=C2C1)CC[C@@H]1[C@@]2(C)CC[C@H](O)C(C)(C)[C@@H]2CC[C@]13C. The Balaban J connectivity index is 1.45. The molecule has 212 valence electrons. The largest absolute Gasteiger partial charge is 0.393 e. The maximum absolute atomic E-state index is 11.0. The van der Waals surface area contributed by atoms with E-state index in [1.54, 1.807) is 0 Å². The molecule has 5 aliphatic carbocycles. The van der Waals surface area contributed by atoms with Crippen molar-refractivity contribution in [3.8, 4) is 0 Å². The van der Waals surface area contributed by atoms with Crippen molar-refractivity contribution in [3.63, 3.8) is 0 Å². The molecule has 0 aromatic rings. The molecule has 6 rings (SSSR count). The maximum atomic E-state index is 11.0. The van der Waals surface area contributed by atoms with E-state index in [0.717, 1.165) is 12.3 Å². The van der Waals surface area contributed by atoms with Crippen LogP contribution in [0.25, 0.3) is 0 Å². The Labute approximate surface area is 234 Å². The molecule has 0 amide bonds. The summed E-state index contributed by atoms with van der Waals surface area (Å²) in [5.41, 5.74) is 6.49. The summed E-state index contributed by atoms with van der Waals surface area (Å²) in [5, 5.41) is 11.0. The molecule has 1 aliphatic heterocycles. The van der Waals surface area contributed by atoms with Gasteiger partial charge in [0.15, 0.2) is 0 Å². The highest BCUT2D eigenvalue weighted by Crippen LogP contribution is 2.76. The Morgan fingerprint density at radius 1 is 0.842 bits per heavy atom.